The van der Waals surface area contributed by atoms with Gasteiger partial charge in [0.05, 0.1) is 20.8 Å². The van der Waals surface area contributed by atoms with Gasteiger partial charge in [-0.2, -0.15) is 0 Å². The van der Waals surface area contributed by atoms with Gasteiger partial charge in [0, 0.05) is 11.8 Å². The quantitative estimate of drug-likeness (QED) is 0.851. The van der Waals surface area contributed by atoms with Gasteiger partial charge in [0.25, 0.3) is 0 Å². The van der Waals surface area contributed by atoms with Crippen molar-refractivity contribution in [3.8, 4) is 11.5 Å². The van der Waals surface area contributed by atoms with E-state index in [1.54, 1.807) is 20.3 Å². The van der Waals surface area contributed by atoms with E-state index in [4.69, 9.17) is 19.0 Å². The Morgan fingerprint density at radius 2 is 1.90 bits per heavy atom. The monoisotopic (exact) mass is 291 g/mol. The highest BCUT2D eigenvalue weighted by molar-refractivity contribution is 5.84. The van der Waals surface area contributed by atoms with Crippen LogP contribution in [0.5, 0.6) is 11.5 Å². The number of benzene rings is 1. The summed E-state index contributed by atoms with van der Waals surface area (Å²) in [4.78, 5) is 10.8. The Morgan fingerprint density at radius 1 is 1.24 bits per heavy atom. The summed E-state index contributed by atoms with van der Waals surface area (Å²) in [6.07, 6.45) is 0. The average Bonchev–Trinajstić information content (AvgIpc) is 2.94. The molecule has 0 amide bonds. The first-order chi connectivity index (χ1) is 10.0. The maximum Gasteiger partial charge on any atom is 0.371 e. The Bertz CT molecular complexity index is 648. The van der Waals surface area contributed by atoms with E-state index in [1.807, 2.05) is 19.1 Å². The number of methoxy groups -OCH3 is 2. The van der Waals surface area contributed by atoms with Crippen LogP contribution >= 0.6 is 0 Å². The van der Waals surface area contributed by atoms with Gasteiger partial charge in [-0.25, -0.2) is 4.79 Å². The van der Waals surface area contributed by atoms with Crippen molar-refractivity contribution in [2.75, 3.05) is 19.5 Å². The number of carbonyl (C=O) groups is 1. The second kappa shape index (κ2) is 6.21. The van der Waals surface area contributed by atoms with Crippen LogP contribution < -0.4 is 14.8 Å². The molecule has 0 aliphatic carbocycles. The van der Waals surface area contributed by atoms with E-state index in [1.165, 1.54) is 6.07 Å². The van der Waals surface area contributed by atoms with Crippen LogP contribution in [0.2, 0.25) is 0 Å². The molecular formula is C15H17NO5. The van der Waals surface area contributed by atoms with Crippen LogP contribution in [0, 0.1) is 6.92 Å². The highest BCUT2D eigenvalue weighted by Crippen LogP contribution is 2.33. The number of hydrogen-bond acceptors (Lipinski definition) is 5. The van der Waals surface area contributed by atoms with Crippen molar-refractivity contribution in [1.82, 2.24) is 0 Å². The molecule has 1 heterocycles. The number of carboxylic acids is 1. The Hall–Kier alpha value is -2.63. The van der Waals surface area contributed by atoms with E-state index >= 15 is 0 Å². The molecule has 0 saturated heterocycles. The van der Waals surface area contributed by atoms with E-state index in [2.05, 4.69) is 5.32 Å². The number of rotatable bonds is 6. The van der Waals surface area contributed by atoms with Gasteiger partial charge in [0.2, 0.25) is 5.76 Å². The Kier molecular flexibility index (Phi) is 4.37. The highest BCUT2D eigenvalue weighted by Gasteiger charge is 2.11. The van der Waals surface area contributed by atoms with Crippen LogP contribution in [0.4, 0.5) is 5.69 Å². The van der Waals surface area contributed by atoms with Gasteiger partial charge in [0.1, 0.15) is 5.76 Å². The smallest absolute Gasteiger partial charge is 0.371 e. The van der Waals surface area contributed by atoms with Crippen LogP contribution in [0.15, 0.2) is 28.7 Å². The number of hydrogen-bond donors (Lipinski definition) is 2. The minimum atomic E-state index is -1.08. The molecule has 0 aliphatic heterocycles. The van der Waals surface area contributed by atoms with Crippen LogP contribution in [0.1, 0.15) is 21.9 Å². The molecule has 0 spiro atoms. The molecule has 21 heavy (non-hydrogen) atoms. The number of ether oxygens (including phenoxy) is 2. The van der Waals surface area contributed by atoms with Crippen LogP contribution in [-0.4, -0.2) is 25.3 Å². The predicted molar refractivity (Wildman–Crippen MR) is 77.3 cm³/mol. The Morgan fingerprint density at radius 3 is 2.48 bits per heavy atom. The topological polar surface area (TPSA) is 80.9 Å². The Balaban J connectivity index is 2.13. The van der Waals surface area contributed by atoms with Crippen LogP contribution in [0.25, 0.3) is 0 Å². The van der Waals surface area contributed by atoms with Gasteiger partial charge < -0.3 is 24.3 Å². The lowest BCUT2D eigenvalue weighted by atomic mass is 10.1. The summed E-state index contributed by atoms with van der Waals surface area (Å²) in [7, 11) is 3.16. The van der Waals surface area contributed by atoms with E-state index in [9.17, 15) is 4.79 Å². The SMILES string of the molecule is COc1cc(C)c(NCc2ccc(C(=O)O)o2)cc1OC. The summed E-state index contributed by atoms with van der Waals surface area (Å²) in [6, 6.07) is 6.76. The van der Waals surface area contributed by atoms with Crippen molar-refractivity contribution in [1.29, 1.82) is 0 Å². The molecule has 0 atom stereocenters. The number of aromatic carboxylic acids is 1. The zero-order chi connectivity index (χ0) is 15.4. The normalized spacial score (nSPS) is 10.2. The molecule has 2 rings (SSSR count). The average molecular weight is 291 g/mol. The number of anilines is 1. The first-order valence-electron chi connectivity index (χ1n) is 6.33. The maximum absolute atomic E-state index is 10.8. The molecule has 1 aromatic heterocycles. The number of aryl methyl sites for hydroxylation is 1. The van der Waals surface area contributed by atoms with Crippen molar-refractivity contribution in [3.63, 3.8) is 0 Å². The van der Waals surface area contributed by atoms with Gasteiger partial charge in [-0.1, -0.05) is 0 Å². The van der Waals surface area contributed by atoms with Gasteiger partial charge in [-0.3, -0.25) is 0 Å². The number of carboxylic acid groups (broad SMARTS) is 1. The second-order valence-corrected chi connectivity index (χ2v) is 4.45. The maximum atomic E-state index is 10.8. The van der Waals surface area contributed by atoms with E-state index in [-0.39, 0.29) is 5.76 Å². The molecule has 2 aromatic rings. The summed E-state index contributed by atoms with van der Waals surface area (Å²) in [6.45, 7) is 2.32. The third kappa shape index (κ3) is 3.28. The van der Waals surface area contributed by atoms with Gasteiger partial charge in [0.15, 0.2) is 11.5 Å². The zero-order valence-corrected chi connectivity index (χ0v) is 12.1. The molecule has 6 nitrogen and oxygen atoms in total. The van der Waals surface area contributed by atoms with Crippen molar-refractivity contribution in [2.45, 2.75) is 13.5 Å². The molecule has 0 saturated carbocycles. The second-order valence-electron chi connectivity index (χ2n) is 4.45. The third-order valence-electron chi connectivity index (χ3n) is 3.06. The van der Waals surface area contributed by atoms with Gasteiger partial charge in [-0.05, 0) is 30.7 Å². The van der Waals surface area contributed by atoms with Crippen molar-refractivity contribution < 1.29 is 23.8 Å². The standard InChI is InChI=1S/C15H17NO5/c1-9-6-13(19-2)14(20-3)7-11(9)16-8-10-4-5-12(21-10)15(17)18/h4-7,16H,8H2,1-3H3,(H,17,18). The zero-order valence-electron chi connectivity index (χ0n) is 12.1. The minimum absolute atomic E-state index is 0.0733. The molecule has 112 valence electrons. The summed E-state index contributed by atoms with van der Waals surface area (Å²) >= 11 is 0. The van der Waals surface area contributed by atoms with Crippen molar-refractivity contribution >= 4 is 11.7 Å². The number of furan rings is 1. The molecule has 0 radical (unpaired) electrons. The first kappa shape index (κ1) is 14.8. The molecule has 0 aliphatic rings. The fourth-order valence-electron chi connectivity index (χ4n) is 1.94. The lowest BCUT2D eigenvalue weighted by Crippen LogP contribution is -2.02. The van der Waals surface area contributed by atoms with Gasteiger partial charge >= 0.3 is 5.97 Å². The lowest BCUT2D eigenvalue weighted by Gasteiger charge is -2.13. The highest BCUT2D eigenvalue weighted by atomic mass is 16.5. The van der Waals surface area contributed by atoms with Crippen LogP contribution in [0.3, 0.4) is 0 Å². The van der Waals surface area contributed by atoms with E-state index < -0.39 is 5.97 Å². The summed E-state index contributed by atoms with van der Waals surface area (Å²) in [5, 5.41) is 12.0. The first-order valence-corrected chi connectivity index (χ1v) is 6.33. The molecule has 1 aromatic carbocycles. The summed E-state index contributed by atoms with van der Waals surface area (Å²) in [5.74, 6) is 0.670. The molecular weight excluding hydrogens is 274 g/mol. The van der Waals surface area contributed by atoms with Crippen molar-refractivity contribution in [3.05, 3.63) is 41.3 Å². The third-order valence-corrected chi connectivity index (χ3v) is 3.06. The van der Waals surface area contributed by atoms with E-state index in [0.29, 0.717) is 23.8 Å². The largest absolute Gasteiger partial charge is 0.493 e. The lowest BCUT2D eigenvalue weighted by molar-refractivity contribution is 0.0660. The molecule has 0 unspecified atom stereocenters. The molecule has 2 N–H and O–H groups in total. The number of nitrogens with one attached hydrogen (secondary N) is 1. The van der Waals surface area contributed by atoms with E-state index in [0.717, 1.165) is 11.3 Å². The fraction of sp³-hybridized carbons (Fsp3) is 0.267. The van der Waals surface area contributed by atoms with Crippen LogP contribution in [-0.2, 0) is 6.54 Å². The molecule has 0 fully saturated rings. The Labute approximate surface area is 122 Å². The van der Waals surface area contributed by atoms with Crippen molar-refractivity contribution in [2.24, 2.45) is 0 Å². The predicted octanol–water partition coefficient (Wildman–Crippen LogP) is 2.92. The fourth-order valence-corrected chi connectivity index (χ4v) is 1.94. The summed E-state index contributed by atoms with van der Waals surface area (Å²) in [5.41, 5.74) is 1.85. The summed E-state index contributed by atoms with van der Waals surface area (Å²) < 4.78 is 15.7. The molecule has 0 bridgehead atoms. The molecule has 6 heteroatoms. The van der Waals surface area contributed by atoms with Gasteiger partial charge in [-0.15, -0.1) is 0 Å². The minimum Gasteiger partial charge on any atom is -0.493 e.